The molecule has 0 saturated carbocycles. The quantitative estimate of drug-likeness (QED) is 0.516. The summed E-state index contributed by atoms with van der Waals surface area (Å²) in [7, 11) is 0. The van der Waals surface area contributed by atoms with Crippen molar-refractivity contribution in [3.63, 3.8) is 0 Å². The van der Waals surface area contributed by atoms with Gasteiger partial charge in [0.2, 0.25) is 0 Å². The third-order valence-electron chi connectivity index (χ3n) is 2.52. The molecule has 0 radical (unpaired) electrons. The van der Waals surface area contributed by atoms with Gasteiger partial charge in [0.15, 0.2) is 5.78 Å². The van der Waals surface area contributed by atoms with Crippen LogP contribution in [0.2, 0.25) is 5.02 Å². The van der Waals surface area contributed by atoms with Crippen LogP contribution in [0.5, 0.6) is 0 Å². The summed E-state index contributed by atoms with van der Waals surface area (Å²) >= 11 is 5.83. The minimum atomic E-state index is -0.0965. The van der Waals surface area contributed by atoms with E-state index in [1.165, 1.54) is 6.08 Å². The Morgan fingerprint density at radius 2 is 1.89 bits per heavy atom. The van der Waals surface area contributed by atoms with E-state index >= 15 is 0 Å². The molecule has 2 aromatic carbocycles. The lowest BCUT2D eigenvalue weighted by Gasteiger charge is -1.99. The highest BCUT2D eigenvalue weighted by molar-refractivity contribution is 6.31. The predicted octanol–water partition coefficient (Wildman–Crippen LogP) is 3.82. The van der Waals surface area contributed by atoms with E-state index in [-0.39, 0.29) is 5.78 Å². The zero-order valence-electron chi connectivity index (χ0n) is 9.64. The van der Waals surface area contributed by atoms with E-state index in [1.807, 2.05) is 18.2 Å². The minimum Gasteiger partial charge on any atom is -0.398 e. The van der Waals surface area contributed by atoms with Gasteiger partial charge >= 0.3 is 0 Å². The molecule has 2 N–H and O–H groups in total. The topological polar surface area (TPSA) is 43.1 Å². The number of benzene rings is 2. The summed E-state index contributed by atoms with van der Waals surface area (Å²) in [5.41, 5.74) is 7.82. The van der Waals surface area contributed by atoms with E-state index in [0.717, 1.165) is 5.56 Å². The smallest absolute Gasteiger partial charge is 0.185 e. The van der Waals surface area contributed by atoms with Crippen molar-refractivity contribution in [3.8, 4) is 0 Å². The van der Waals surface area contributed by atoms with E-state index in [0.29, 0.717) is 16.3 Å². The highest BCUT2D eigenvalue weighted by Gasteiger charge is 2.02. The van der Waals surface area contributed by atoms with E-state index in [4.69, 9.17) is 17.3 Å². The van der Waals surface area contributed by atoms with Crippen LogP contribution in [-0.2, 0) is 0 Å². The Balaban J connectivity index is 2.20. The van der Waals surface area contributed by atoms with Gasteiger partial charge in [0.1, 0.15) is 0 Å². The highest BCUT2D eigenvalue weighted by atomic mass is 35.5. The van der Waals surface area contributed by atoms with Gasteiger partial charge in [0.25, 0.3) is 0 Å². The first kappa shape index (κ1) is 12.4. The summed E-state index contributed by atoms with van der Waals surface area (Å²) in [4.78, 5) is 11.9. The van der Waals surface area contributed by atoms with Gasteiger partial charge in [-0.15, -0.1) is 0 Å². The van der Waals surface area contributed by atoms with E-state index in [9.17, 15) is 4.79 Å². The molecule has 2 aromatic rings. The van der Waals surface area contributed by atoms with Crippen molar-refractivity contribution in [2.24, 2.45) is 0 Å². The van der Waals surface area contributed by atoms with Gasteiger partial charge in [0.05, 0.1) is 0 Å². The molecule has 18 heavy (non-hydrogen) atoms. The number of nitrogens with two attached hydrogens (primary N) is 1. The molecule has 0 heterocycles. The maximum atomic E-state index is 11.9. The van der Waals surface area contributed by atoms with E-state index in [1.54, 1.807) is 36.4 Å². The van der Waals surface area contributed by atoms with Crippen LogP contribution in [0.25, 0.3) is 6.08 Å². The molecular weight excluding hydrogens is 246 g/mol. The molecule has 90 valence electrons. The Bertz CT molecular complexity index is 605. The maximum absolute atomic E-state index is 11.9. The normalized spacial score (nSPS) is 10.7. The first-order valence-electron chi connectivity index (χ1n) is 5.49. The third kappa shape index (κ3) is 2.99. The fraction of sp³-hybridized carbons (Fsp3) is 0. The molecule has 0 aliphatic rings. The molecule has 0 amide bonds. The summed E-state index contributed by atoms with van der Waals surface area (Å²) in [5.74, 6) is -0.0965. The van der Waals surface area contributed by atoms with Gasteiger partial charge in [-0.2, -0.15) is 0 Å². The Kier molecular flexibility index (Phi) is 3.80. The van der Waals surface area contributed by atoms with Crippen LogP contribution in [0.1, 0.15) is 15.9 Å². The second-order valence-corrected chi connectivity index (χ2v) is 4.27. The Labute approximate surface area is 111 Å². The lowest BCUT2D eigenvalue weighted by Crippen LogP contribution is -1.94. The molecule has 0 saturated heterocycles. The summed E-state index contributed by atoms with van der Waals surface area (Å²) < 4.78 is 0. The first-order valence-corrected chi connectivity index (χ1v) is 5.87. The van der Waals surface area contributed by atoms with E-state index in [2.05, 4.69) is 0 Å². The second-order valence-electron chi connectivity index (χ2n) is 3.84. The molecule has 0 spiro atoms. The van der Waals surface area contributed by atoms with Crippen molar-refractivity contribution < 1.29 is 4.79 Å². The average molecular weight is 258 g/mol. The summed E-state index contributed by atoms with van der Waals surface area (Å²) in [6.07, 6.45) is 3.20. The van der Waals surface area contributed by atoms with Gasteiger partial charge in [0, 0.05) is 16.3 Å². The first-order chi connectivity index (χ1) is 8.66. The predicted molar refractivity (Wildman–Crippen MR) is 75.7 cm³/mol. The van der Waals surface area contributed by atoms with Crippen LogP contribution in [0.3, 0.4) is 0 Å². The van der Waals surface area contributed by atoms with Crippen molar-refractivity contribution in [2.45, 2.75) is 0 Å². The lowest BCUT2D eigenvalue weighted by atomic mass is 10.1. The molecule has 2 nitrogen and oxygen atoms in total. The number of hydrogen-bond donors (Lipinski definition) is 1. The second kappa shape index (κ2) is 5.52. The number of nitrogen functional groups attached to an aromatic ring is 1. The third-order valence-corrected chi connectivity index (χ3v) is 2.75. The Hall–Kier alpha value is -2.06. The van der Waals surface area contributed by atoms with Crippen LogP contribution in [0.4, 0.5) is 5.69 Å². The molecule has 0 unspecified atom stereocenters. The largest absolute Gasteiger partial charge is 0.398 e. The lowest BCUT2D eigenvalue weighted by molar-refractivity contribution is 0.104. The molecular formula is C15H12ClNO. The summed E-state index contributed by atoms with van der Waals surface area (Å²) in [6, 6.07) is 14.2. The molecule has 2 rings (SSSR count). The van der Waals surface area contributed by atoms with Gasteiger partial charge in [-0.1, -0.05) is 41.9 Å². The molecule has 0 aliphatic carbocycles. The van der Waals surface area contributed by atoms with Gasteiger partial charge in [-0.3, -0.25) is 4.79 Å². The SMILES string of the molecule is Nc1ccccc1/C=C/C(=O)c1cccc(Cl)c1. The highest BCUT2D eigenvalue weighted by Crippen LogP contribution is 2.15. The number of anilines is 1. The van der Waals surface area contributed by atoms with Crippen LogP contribution in [-0.4, -0.2) is 5.78 Å². The fourth-order valence-electron chi connectivity index (χ4n) is 1.57. The molecule has 0 bridgehead atoms. The van der Waals surface area contributed by atoms with Crippen molar-refractivity contribution in [2.75, 3.05) is 5.73 Å². The van der Waals surface area contributed by atoms with Crippen molar-refractivity contribution in [1.29, 1.82) is 0 Å². The number of allylic oxidation sites excluding steroid dienone is 1. The van der Waals surface area contributed by atoms with Crippen LogP contribution in [0, 0.1) is 0 Å². The van der Waals surface area contributed by atoms with Crippen molar-refractivity contribution >= 4 is 29.1 Å². The molecule has 0 aliphatic heterocycles. The van der Waals surface area contributed by atoms with Crippen molar-refractivity contribution in [3.05, 3.63) is 70.8 Å². The standard InChI is InChI=1S/C15H12ClNO/c16-13-6-3-5-12(10-13)15(18)9-8-11-4-1-2-7-14(11)17/h1-10H,17H2/b9-8+. The number of hydrogen-bond acceptors (Lipinski definition) is 2. The van der Waals surface area contributed by atoms with Crippen LogP contribution >= 0.6 is 11.6 Å². The molecule has 3 heteroatoms. The number of halogens is 1. The zero-order chi connectivity index (χ0) is 13.0. The van der Waals surface area contributed by atoms with Crippen LogP contribution in [0.15, 0.2) is 54.6 Å². The fourth-order valence-corrected chi connectivity index (χ4v) is 1.76. The maximum Gasteiger partial charge on any atom is 0.185 e. The number of para-hydroxylation sites is 1. The van der Waals surface area contributed by atoms with Crippen molar-refractivity contribution in [1.82, 2.24) is 0 Å². The van der Waals surface area contributed by atoms with Gasteiger partial charge in [-0.25, -0.2) is 0 Å². The number of rotatable bonds is 3. The molecule has 0 aromatic heterocycles. The van der Waals surface area contributed by atoms with E-state index < -0.39 is 0 Å². The monoisotopic (exact) mass is 257 g/mol. The Morgan fingerprint density at radius 3 is 2.61 bits per heavy atom. The summed E-state index contributed by atoms with van der Waals surface area (Å²) in [6.45, 7) is 0. The number of carbonyl (C=O) groups excluding carboxylic acids is 1. The Morgan fingerprint density at radius 1 is 1.11 bits per heavy atom. The summed E-state index contributed by atoms with van der Waals surface area (Å²) in [5, 5.41) is 0.550. The van der Waals surface area contributed by atoms with Crippen LogP contribution < -0.4 is 5.73 Å². The van der Waals surface area contributed by atoms with Gasteiger partial charge < -0.3 is 5.73 Å². The molecule has 0 atom stereocenters. The minimum absolute atomic E-state index is 0.0965. The zero-order valence-corrected chi connectivity index (χ0v) is 10.4. The van der Waals surface area contributed by atoms with Gasteiger partial charge in [-0.05, 0) is 35.9 Å². The number of ketones is 1. The number of carbonyl (C=O) groups is 1. The average Bonchev–Trinajstić information content (AvgIpc) is 2.37. The molecule has 0 fully saturated rings.